The smallest absolute Gasteiger partial charge is 0.133 e. The summed E-state index contributed by atoms with van der Waals surface area (Å²) in [6.45, 7) is 5.39. The lowest BCUT2D eigenvalue weighted by Crippen LogP contribution is -2.41. The highest BCUT2D eigenvalue weighted by Gasteiger charge is 2.23. The minimum Gasteiger partial charge on any atom is -0.366 e. The summed E-state index contributed by atoms with van der Waals surface area (Å²) in [6.07, 6.45) is 7.61. The van der Waals surface area contributed by atoms with E-state index in [9.17, 15) is 0 Å². The second kappa shape index (κ2) is 6.53. The number of anilines is 1. The highest BCUT2D eigenvalue weighted by atomic mass is 32.1. The minimum absolute atomic E-state index is 0.483. The second-order valence-corrected chi connectivity index (χ2v) is 7.52. The minimum atomic E-state index is 0.483. The number of aromatic nitrogens is 3. The lowest BCUT2D eigenvalue weighted by molar-refractivity contribution is 0.209. The number of rotatable bonds is 4. The monoisotopic (exact) mass is 329 g/mol. The van der Waals surface area contributed by atoms with Gasteiger partial charge in [-0.15, -0.1) is 11.3 Å². The molecule has 2 aromatic rings. The molecular formula is C17H23N5S. The third-order valence-corrected chi connectivity index (χ3v) is 5.85. The molecule has 0 spiro atoms. The van der Waals surface area contributed by atoms with Crippen LogP contribution in [-0.4, -0.2) is 39.0 Å². The molecule has 0 radical (unpaired) electrons. The summed E-state index contributed by atoms with van der Waals surface area (Å²) in [6, 6.07) is 0.483. The first-order valence-electron chi connectivity index (χ1n) is 8.50. The van der Waals surface area contributed by atoms with Gasteiger partial charge in [0.1, 0.15) is 12.1 Å². The first-order chi connectivity index (χ1) is 11.3. The van der Waals surface area contributed by atoms with E-state index in [-0.39, 0.29) is 0 Å². The maximum Gasteiger partial charge on any atom is 0.133 e. The molecule has 1 aliphatic carbocycles. The van der Waals surface area contributed by atoms with Gasteiger partial charge in [-0.2, -0.15) is 0 Å². The van der Waals surface area contributed by atoms with E-state index in [1.807, 2.05) is 5.51 Å². The third kappa shape index (κ3) is 3.23. The topological polar surface area (TPSA) is 53.9 Å². The molecular weight excluding hydrogens is 306 g/mol. The number of piperidine rings is 1. The molecule has 3 heterocycles. The number of fused-ring (bicyclic) bond motifs is 1. The van der Waals surface area contributed by atoms with E-state index in [0.29, 0.717) is 6.04 Å². The SMILES string of the molecule is Cc1ncsc1CN1CCCC(Nc2ncnc3c2CCC3)C1. The summed E-state index contributed by atoms with van der Waals surface area (Å²) in [5.74, 6) is 1.08. The van der Waals surface area contributed by atoms with Gasteiger partial charge in [0.15, 0.2) is 0 Å². The Morgan fingerprint density at radius 1 is 1.26 bits per heavy atom. The van der Waals surface area contributed by atoms with E-state index in [2.05, 4.69) is 32.1 Å². The van der Waals surface area contributed by atoms with Crippen LogP contribution >= 0.6 is 11.3 Å². The van der Waals surface area contributed by atoms with Crippen molar-refractivity contribution in [1.82, 2.24) is 19.9 Å². The molecule has 1 atom stereocenters. The Morgan fingerprint density at radius 3 is 3.09 bits per heavy atom. The van der Waals surface area contributed by atoms with Crippen molar-refractivity contribution in [3.8, 4) is 0 Å². The van der Waals surface area contributed by atoms with Gasteiger partial charge in [-0.25, -0.2) is 15.0 Å². The van der Waals surface area contributed by atoms with E-state index in [1.165, 1.54) is 47.6 Å². The van der Waals surface area contributed by atoms with E-state index in [0.717, 1.165) is 31.7 Å². The summed E-state index contributed by atoms with van der Waals surface area (Å²) >= 11 is 1.77. The number of nitrogens with zero attached hydrogens (tertiary/aromatic N) is 4. The molecule has 2 aromatic heterocycles. The molecule has 1 saturated heterocycles. The fourth-order valence-corrected chi connectivity index (χ4v) is 4.49. The summed E-state index contributed by atoms with van der Waals surface area (Å²) in [5.41, 5.74) is 5.73. The molecule has 6 heteroatoms. The molecule has 1 N–H and O–H groups in total. The molecule has 0 amide bonds. The number of hydrogen-bond acceptors (Lipinski definition) is 6. The quantitative estimate of drug-likeness (QED) is 0.935. The highest BCUT2D eigenvalue weighted by molar-refractivity contribution is 7.09. The number of likely N-dealkylation sites (tertiary alicyclic amines) is 1. The van der Waals surface area contributed by atoms with Crippen molar-refractivity contribution in [2.75, 3.05) is 18.4 Å². The van der Waals surface area contributed by atoms with Crippen LogP contribution in [0.2, 0.25) is 0 Å². The van der Waals surface area contributed by atoms with E-state index in [1.54, 1.807) is 17.7 Å². The molecule has 2 aliphatic rings. The Hall–Kier alpha value is -1.53. The van der Waals surface area contributed by atoms with Crippen LogP contribution in [0.4, 0.5) is 5.82 Å². The molecule has 0 bridgehead atoms. The number of hydrogen-bond donors (Lipinski definition) is 1. The Morgan fingerprint density at radius 2 is 2.22 bits per heavy atom. The maximum atomic E-state index is 4.51. The first kappa shape index (κ1) is 15.0. The van der Waals surface area contributed by atoms with Crippen LogP contribution in [0, 0.1) is 6.92 Å². The molecule has 23 heavy (non-hydrogen) atoms. The number of thiazole rings is 1. The fraction of sp³-hybridized carbons (Fsp3) is 0.588. The zero-order chi connectivity index (χ0) is 15.6. The van der Waals surface area contributed by atoms with Crippen molar-refractivity contribution in [1.29, 1.82) is 0 Å². The number of nitrogens with one attached hydrogen (secondary N) is 1. The lowest BCUT2D eigenvalue weighted by Gasteiger charge is -2.33. The van der Waals surface area contributed by atoms with Gasteiger partial charge in [0, 0.05) is 35.3 Å². The predicted octanol–water partition coefficient (Wildman–Crippen LogP) is 2.81. The van der Waals surface area contributed by atoms with Crippen molar-refractivity contribution < 1.29 is 0 Å². The number of aryl methyl sites for hydroxylation is 2. The third-order valence-electron chi connectivity index (χ3n) is 4.93. The first-order valence-corrected chi connectivity index (χ1v) is 9.38. The van der Waals surface area contributed by atoms with Crippen molar-refractivity contribution in [3.63, 3.8) is 0 Å². The normalized spacial score (nSPS) is 21.3. The highest BCUT2D eigenvalue weighted by Crippen LogP contribution is 2.27. The van der Waals surface area contributed by atoms with E-state index < -0.39 is 0 Å². The molecule has 1 fully saturated rings. The van der Waals surface area contributed by atoms with Crippen LogP contribution in [0.15, 0.2) is 11.8 Å². The van der Waals surface area contributed by atoms with Gasteiger partial charge in [-0.3, -0.25) is 4.90 Å². The van der Waals surface area contributed by atoms with Gasteiger partial charge < -0.3 is 5.32 Å². The molecule has 4 rings (SSSR count). The molecule has 1 unspecified atom stereocenters. The Labute approximate surface area is 141 Å². The second-order valence-electron chi connectivity index (χ2n) is 6.58. The van der Waals surface area contributed by atoms with Gasteiger partial charge in [-0.1, -0.05) is 0 Å². The largest absolute Gasteiger partial charge is 0.366 e. The van der Waals surface area contributed by atoms with E-state index >= 15 is 0 Å². The standard InChI is InChI=1S/C17H23N5S/c1-12-16(23-11-20-12)9-22-7-3-4-13(8-22)21-17-14-5-2-6-15(14)18-10-19-17/h10-11,13H,2-9H2,1H3,(H,18,19,21). The summed E-state index contributed by atoms with van der Waals surface area (Å²) in [5, 5.41) is 3.70. The Kier molecular flexibility index (Phi) is 4.27. The van der Waals surface area contributed by atoms with Crippen molar-refractivity contribution >= 4 is 17.2 Å². The van der Waals surface area contributed by atoms with Gasteiger partial charge in [0.25, 0.3) is 0 Å². The average Bonchev–Trinajstić information content (AvgIpc) is 3.18. The van der Waals surface area contributed by atoms with Gasteiger partial charge in [0.05, 0.1) is 11.2 Å². The average molecular weight is 329 g/mol. The van der Waals surface area contributed by atoms with Crippen LogP contribution in [0.1, 0.15) is 41.1 Å². The van der Waals surface area contributed by atoms with Crippen molar-refractivity contribution in [2.24, 2.45) is 0 Å². The molecule has 1 aliphatic heterocycles. The van der Waals surface area contributed by atoms with Crippen LogP contribution < -0.4 is 5.32 Å². The molecule has 122 valence electrons. The van der Waals surface area contributed by atoms with Crippen molar-refractivity contribution in [2.45, 2.75) is 51.6 Å². The van der Waals surface area contributed by atoms with E-state index in [4.69, 9.17) is 0 Å². The fourth-order valence-electron chi connectivity index (χ4n) is 3.68. The van der Waals surface area contributed by atoms with Crippen LogP contribution in [0.5, 0.6) is 0 Å². The molecule has 0 saturated carbocycles. The summed E-state index contributed by atoms with van der Waals surface area (Å²) < 4.78 is 0. The van der Waals surface area contributed by atoms with Crippen LogP contribution in [0.3, 0.4) is 0 Å². The molecule has 5 nitrogen and oxygen atoms in total. The van der Waals surface area contributed by atoms with Crippen LogP contribution in [0.25, 0.3) is 0 Å². The Bertz CT molecular complexity index is 683. The van der Waals surface area contributed by atoms with Crippen molar-refractivity contribution in [3.05, 3.63) is 33.7 Å². The van der Waals surface area contributed by atoms with Gasteiger partial charge in [0.2, 0.25) is 0 Å². The maximum absolute atomic E-state index is 4.51. The predicted molar refractivity (Wildman–Crippen MR) is 92.8 cm³/mol. The van der Waals surface area contributed by atoms with Gasteiger partial charge in [-0.05, 0) is 45.6 Å². The van der Waals surface area contributed by atoms with Gasteiger partial charge >= 0.3 is 0 Å². The van der Waals surface area contributed by atoms with Crippen LogP contribution in [-0.2, 0) is 19.4 Å². The summed E-state index contributed by atoms with van der Waals surface area (Å²) in [4.78, 5) is 17.2. The summed E-state index contributed by atoms with van der Waals surface area (Å²) in [7, 11) is 0. The lowest BCUT2D eigenvalue weighted by atomic mass is 10.0. The zero-order valence-electron chi connectivity index (χ0n) is 13.6. The Balaban J connectivity index is 1.42. The zero-order valence-corrected chi connectivity index (χ0v) is 14.4. The molecule has 0 aromatic carbocycles.